The van der Waals surface area contributed by atoms with E-state index in [-0.39, 0.29) is 5.78 Å². The lowest BCUT2D eigenvalue weighted by molar-refractivity contribution is 0.101. The first kappa shape index (κ1) is 13.0. The van der Waals surface area contributed by atoms with E-state index in [1.54, 1.807) is 6.07 Å². The van der Waals surface area contributed by atoms with E-state index >= 15 is 0 Å². The molecule has 1 rings (SSSR count). The van der Waals surface area contributed by atoms with Gasteiger partial charge in [-0.15, -0.1) is 0 Å². The molecule has 0 amide bonds. The van der Waals surface area contributed by atoms with Crippen molar-refractivity contribution in [2.75, 3.05) is 18.5 Å². The highest BCUT2D eigenvalue weighted by atomic mass is 35.5. The Kier molecular flexibility index (Phi) is 4.36. The third kappa shape index (κ3) is 3.24. The van der Waals surface area contributed by atoms with Gasteiger partial charge in [0.15, 0.2) is 5.78 Å². The summed E-state index contributed by atoms with van der Waals surface area (Å²) in [6.07, 6.45) is 0. The molecular formula is C13H18ClNO. The van der Waals surface area contributed by atoms with Crippen LogP contribution in [-0.2, 0) is 0 Å². The molecule has 0 radical (unpaired) electrons. The summed E-state index contributed by atoms with van der Waals surface area (Å²) in [7, 11) is 2.03. The van der Waals surface area contributed by atoms with Crippen molar-refractivity contribution in [2.45, 2.75) is 20.8 Å². The van der Waals surface area contributed by atoms with E-state index in [9.17, 15) is 4.79 Å². The Morgan fingerprint density at radius 2 is 2.06 bits per heavy atom. The lowest BCUT2D eigenvalue weighted by Gasteiger charge is -2.22. The van der Waals surface area contributed by atoms with Gasteiger partial charge in [-0.05, 0) is 31.0 Å². The van der Waals surface area contributed by atoms with E-state index in [4.69, 9.17) is 11.6 Å². The Bertz CT molecular complexity index is 388. The fourth-order valence-corrected chi connectivity index (χ4v) is 1.99. The normalized spacial score (nSPS) is 10.6. The summed E-state index contributed by atoms with van der Waals surface area (Å²) in [5.41, 5.74) is 1.63. The standard InChI is InChI=1S/C13H18ClNO/c1-9(2)8-15(4)11-5-6-12(10(3)16)13(14)7-11/h5-7,9H,8H2,1-4H3. The molecule has 3 heteroatoms. The van der Waals surface area contributed by atoms with Crippen LogP contribution in [0.3, 0.4) is 0 Å². The van der Waals surface area contributed by atoms with Crippen molar-refractivity contribution in [3.05, 3.63) is 28.8 Å². The second-order valence-corrected chi connectivity index (χ2v) is 4.90. The molecule has 88 valence electrons. The molecule has 0 aliphatic rings. The summed E-state index contributed by atoms with van der Waals surface area (Å²) in [4.78, 5) is 13.4. The Hall–Kier alpha value is -1.02. The second-order valence-electron chi connectivity index (χ2n) is 4.49. The molecule has 0 spiro atoms. The van der Waals surface area contributed by atoms with Gasteiger partial charge >= 0.3 is 0 Å². The number of rotatable bonds is 4. The Labute approximate surface area is 102 Å². The molecule has 0 bridgehead atoms. The number of hydrogen-bond acceptors (Lipinski definition) is 2. The summed E-state index contributed by atoms with van der Waals surface area (Å²) in [6, 6.07) is 5.57. The summed E-state index contributed by atoms with van der Waals surface area (Å²) in [5.74, 6) is 0.597. The molecule has 0 aliphatic carbocycles. The lowest BCUT2D eigenvalue weighted by Crippen LogP contribution is -2.22. The topological polar surface area (TPSA) is 20.3 Å². The van der Waals surface area contributed by atoms with Gasteiger partial charge in [-0.2, -0.15) is 0 Å². The number of hydrogen-bond donors (Lipinski definition) is 0. The van der Waals surface area contributed by atoms with Gasteiger partial charge in [-0.25, -0.2) is 0 Å². The van der Waals surface area contributed by atoms with Gasteiger partial charge in [-0.1, -0.05) is 25.4 Å². The molecule has 16 heavy (non-hydrogen) atoms. The molecule has 0 N–H and O–H groups in total. The molecule has 1 aromatic rings. The summed E-state index contributed by atoms with van der Waals surface area (Å²) in [6.45, 7) is 6.83. The van der Waals surface area contributed by atoms with Crippen LogP contribution in [0.2, 0.25) is 5.02 Å². The number of anilines is 1. The number of halogens is 1. The van der Waals surface area contributed by atoms with Crippen molar-refractivity contribution in [2.24, 2.45) is 5.92 Å². The number of Topliss-reactive ketones (excluding diaryl/α,β-unsaturated/α-hetero) is 1. The fourth-order valence-electron chi connectivity index (χ4n) is 1.68. The van der Waals surface area contributed by atoms with Crippen LogP contribution in [0.5, 0.6) is 0 Å². The minimum absolute atomic E-state index is 0.00284. The summed E-state index contributed by atoms with van der Waals surface area (Å²) in [5, 5.41) is 0.528. The Morgan fingerprint density at radius 1 is 1.44 bits per heavy atom. The van der Waals surface area contributed by atoms with Gasteiger partial charge in [-0.3, -0.25) is 4.79 Å². The van der Waals surface area contributed by atoms with Gasteiger partial charge in [0, 0.05) is 24.8 Å². The van der Waals surface area contributed by atoms with Crippen molar-refractivity contribution in [3.8, 4) is 0 Å². The molecule has 0 saturated heterocycles. The minimum Gasteiger partial charge on any atom is -0.374 e. The number of nitrogens with zero attached hydrogens (tertiary/aromatic N) is 1. The third-order valence-electron chi connectivity index (χ3n) is 2.41. The van der Waals surface area contributed by atoms with Crippen LogP contribution in [0.4, 0.5) is 5.69 Å². The van der Waals surface area contributed by atoms with Crippen LogP contribution in [0, 0.1) is 5.92 Å². The first-order chi connectivity index (χ1) is 7.41. The molecule has 0 fully saturated rings. The molecule has 0 heterocycles. The van der Waals surface area contributed by atoms with Crippen molar-refractivity contribution < 1.29 is 4.79 Å². The maximum absolute atomic E-state index is 11.2. The molecule has 2 nitrogen and oxygen atoms in total. The zero-order valence-corrected chi connectivity index (χ0v) is 11.0. The predicted molar refractivity (Wildman–Crippen MR) is 69.6 cm³/mol. The van der Waals surface area contributed by atoms with Crippen LogP contribution >= 0.6 is 11.6 Å². The van der Waals surface area contributed by atoms with Crippen LogP contribution in [0.25, 0.3) is 0 Å². The number of benzene rings is 1. The molecule has 0 aromatic heterocycles. The maximum atomic E-state index is 11.2. The highest BCUT2D eigenvalue weighted by Crippen LogP contribution is 2.23. The van der Waals surface area contributed by atoms with Crippen LogP contribution in [0.15, 0.2) is 18.2 Å². The van der Waals surface area contributed by atoms with Crippen LogP contribution in [-0.4, -0.2) is 19.4 Å². The lowest BCUT2D eigenvalue weighted by atomic mass is 10.1. The van der Waals surface area contributed by atoms with E-state index < -0.39 is 0 Å². The largest absolute Gasteiger partial charge is 0.374 e. The fraction of sp³-hybridized carbons (Fsp3) is 0.462. The summed E-state index contributed by atoms with van der Waals surface area (Å²) < 4.78 is 0. The molecule has 0 unspecified atom stereocenters. The van der Waals surface area contributed by atoms with E-state index in [0.717, 1.165) is 12.2 Å². The second kappa shape index (κ2) is 5.35. The van der Waals surface area contributed by atoms with Gasteiger partial charge in [0.05, 0.1) is 5.02 Å². The Balaban J connectivity index is 2.92. The van der Waals surface area contributed by atoms with E-state index in [0.29, 0.717) is 16.5 Å². The number of ketones is 1. The van der Waals surface area contributed by atoms with Crippen molar-refractivity contribution in [3.63, 3.8) is 0 Å². The van der Waals surface area contributed by atoms with Crippen molar-refractivity contribution in [1.29, 1.82) is 0 Å². The van der Waals surface area contributed by atoms with E-state index in [2.05, 4.69) is 18.7 Å². The van der Waals surface area contributed by atoms with Crippen LogP contribution < -0.4 is 4.90 Å². The van der Waals surface area contributed by atoms with E-state index in [1.165, 1.54) is 6.92 Å². The van der Waals surface area contributed by atoms with Gasteiger partial charge in [0.25, 0.3) is 0 Å². The average Bonchev–Trinajstić information content (AvgIpc) is 2.15. The predicted octanol–water partition coefficient (Wildman–Crippen LogP) is 3.63. The average molecular weight is 240 g/mol. The minimum atomic E-state index is 0.00284. The van der Waals surface area contributed by atoms with Gasteiger partial charge < -0.3 is 4.90 Å². The monoisotopic (exact) mass is 239 g/mol. The zero-order chi connectivity index (χ0) is 12.3. The Morgan fingerprint density at radius 3 is 2.50 bits per heavy atom. The SMILES string of the molecule is CC(=O)c1ccc(N(C)CC(C)C)cc1Cl. The smallest absolute Gasteiger partial charge is 0.161 e. The first-order valence-electron chi connectivity index (χ1n) is 5.43. The third-order valence-corrected chi connectivity index (χ3v) is 2.72. The highest BCUT2D eigenvalue weighted by molar-refractivity contribution is 6.34. The molecule has 0 saturated carbocycles. The zero-order valence-electron chi connectivity index (χ0n) is 10.2. The summed E-state index contributed by atoms with van der Waals surface area (Å²) >= 11 is 6.06. The highest BCUT2D eigenvalue weighted by Gasteiger charge is 2.09. The molecule has 0 atom stereocenters. The van der Waals surface area contributed by atoms with Crippen LogP contribution in [0.1, 0.15) is 31.1 Å². The molecule has 1 aromatic carbocycles. The van der Waals surface area contributed by atoms with Crippen molar-refractivity contribution >= 4 is 23.1 Å². The quantitative estimate of drug-likeness (QED) is 0.748. The first-order valence-corrected chi connectivity index (χ1v) is 5.81. The van der Waals surface area contributed by atoms with Crippen molar-refractivity contribution in [1.82, 2.24) is 0 Å². The van der Waals surface area contributed by atoms with E-state index in [1.807, 2.05) is 19.2 Å². The molecule has 0 aliphatic heterocycles. The molecular weight excluding hydrogens is 222 g/mol. The number of carbonyl (C=O) groups is 1. The maximum Gasteiger partial charge on any atom is 0.161 e. The number of carbonyl (C=O) groups excluding carboxylic acids is 1. The van der Waals surface area contributed by atoms with Gasteiger partial charge in [0.1, 0.15) is 0 Å². The van der Waals surface area contributed by atoms with Gasteiger partial charge in [0.2, 0.25) is 0 Å².